The maximum atomic E-state index is 5.37. The van der Waals surface area contributed by atoms with Crippen LogP contribution in [-0.4, -0.2) is 12.1 Å². The monoisotopic (exact) mass is 221 g/mol. The van der Waals surface area contributed by atoms with Crippen LogP contribution in [-0.2, 0) is 6.42 Å². The summed E-state index contributed by atoms with van der Waals surface area (Å²) in [6, 6.07) is 5.26. The second-order valence-electron chi connectivity index (χ2n) is 5.31. The average Bonchev–Trinajstić information content (AvgIpc) is 2.74. The van der Waals surface area contributed by atoms with Crippen LogP contribution >= 0.6 is 0 Å². The summed E-state index contributed by atoms with van der Waals surface area (Å²) in [5.74, 6) is 2.02. The van der Waals surface area contributed by atoms with Crippen molar-refractivity contribution in [2.75, 3.05) is 0 Å². The van der Waals surface area contributed by atoms with Crippen molar-refractivity contribution >= 4 is 0 Å². The zero-order valence-corrected chi connectivity index (χ0v) is 10.4. The maximum Gasteiger partial charge on any atom is 0.105 e. The maximum absolute atomic E-state index is 5.37. The number of rotatable bonds is 4. The first-order chi connectivity index (χ1) is 7.74. The molecule has 0 radical (unpaired) electrons. The zero-order valence-electron chi connectivity index (χ0n) is 10.4. The van der Waals surface area contributed by atoms with E-state index in [1.807, 2.05) is 6.07 Å². The standard InChI is InChI=1S/C14H23NO/c1-11-5-7-13(8-6-11)15-12(2)10-14-4-3-9-16-14/h3-4,9,11-13,15H,5-8,10H2,1-2H3. The molecule has 2 heteroatoms. The summed E-state index contributed by atoms with van der Waals surface area (Å²) in [6.07, 6.45) is 8.19. The molecule has 1 fully saturated rings. The Labute approximate surface area is 98.4 Å². The van der Waals surface area contributed by atoms with Gasteiger partial charge in [0.05, 0.1) is 6.26 Å². The summed E-state index contributed by atoms with van der Waals surface area (Å²) in [5.41, 5.74) is 0. The summed E-state index contributed by atoms with van der Waals surface area (Å²) in [6.45, 7) is 4.61. The Hall–Kier alpha value is -0.760. The first-order valence-corrected chi connectivity index (χ1v) is 6.52. The molecule has 1 aliphatic carbocycles. The number of hydrogen-bond donors (Lipinski definition) is 1. The Bertz CT molecular complexity index is 286. The van der Waals surface area contributed by atoms with Crippen molar-refractivity contribution in [2.24, 2.45) is 5.92 Å². The fourth-order valence-corrected chi connectivity index (χ4v) is 2.62. The third-order valence-corrected chi connectivity index (χ3v) is 3.62. The predicted molar refractivity (Wildman–Crippen MR) is 66.4 cm³/mol. The molecule has 0 bridgehead atoms. The zero-order chi connectivity index (χ0) is 11.4. The molecule has 0 spiro atoms. The van der Waals surface area contributed by atoms with E-state index in [2.05, 4.69) is 25.2 Å². The molecule has 16 heavy (non-hydrogen) atoms. The van der Waals surface area contributed by atoms with Gasteiger partial charge in [-0.2, -0.15) is 0 Å². The first-order valence-electron chi connectivity index (χ1n) is 6.52. The van der Waals surface area contributed by atoms with Gasteiger partial charge in [-0.05, 0) is 50.7 Å². The van der Waals surface area contributed by atoms with Crippen molar-refractivity contribution in [1.29, 1.82) is 0 Å². The van der Waals surface area contributed by atoms with Gasteiger partial charge in [-0.15, -0.1) is 0 Å². The molecule has 1 heterocycles. The van der Waals surface area contributed by atoms with Crippen molar-refractivity contribution in [2.45, 2.75) is 58.0 Å². The first kappa shape index (κ1) is 11.7. The molecule has 2 nitrogen and oxygen atoms in total. The van der Waals surface area contributed by atoms with E-state index < -0.39 is 0 Å². The summed E-state index contributed by atoms with van der Waals surface area (Å²) in [4.78, 5) is 0. The SMILES string of the molecule is CC1CCC(NC(C)Cc2ccco2)CC1. The molecule has 1 aromatic rings. The largest absolute Gasteiger partial charge is 0.469 e. The third kappa shape index (κ3) is 3.38. The number of hydrogen-bond acceptors (Lipinski definition) is 2. The van der Waals surface area contributed by atoms with Gasteiger partial charge in [-0.1, -0.05) is 6.92 Å². The third-order valence-electron chi connectivity index (χ3n) is 3.62. The van der Waals surface area contributed by atoms with E-state index in [1.54, 1.807) is 6.26 Å². The van der Waals surface area contributed by atoms with Crippen LogP contribution in [0, 0.1) is 5.92 Å². The van der Waals surface area contributed by atoms with Crippen LogP contribution in [0.25, 0.3) is 0 Å². The van der Waals surface area contributed by atoms with Gasteiger partial charge < -0.3 is 9.73 Å². The lowest BCUT2D eigenvalue weighted by Crippen LogP contribution is -2.39. The summed E-state index contributed by atoms with van der Waals surface area (Å²) < 4.78 is 5.37. The van der Waals surface area contributed by atoms with E-state index in [0.29, 0.717) is 6.04 Å². The van der Waals surface area contributed by atoms with Crippen molar-refractivity contribution in [1.82, 2.24) is 5.32 Å². The summed E-state index contributed by atoms with van der Waals surface area (Å²) >= 11 is 0. The molecule has 1 atom stereocenters. The van der Waals surface area contributed by atoms with Crippen LogP contribution in [0.15, 0.2) is 22.8 Å². The summed E-state index contributed by atoms with van der Waals surface area (Å²) in [7, 11) is 0. The molecule has 1 unspecified atom stereocenters. The molecule has 90 valence electrons. The van der Waals surface area contributed by atoms with Gasteiger partial charge in [0.2, 0.25) is 0 Å². The van der Waals surface area contributed by atoms with Crippen LogP contribution in [0.1, 0.15) is 45.3 Å². The van der Waals surface area contributed by atoms with Gasteiger partial charge in [0, 0.05) is 18.5 Å². The van der Waals surface area contributed by atoms with Gasteiger partial charge in [0.25, 0.3) is 0 Å². The van der Waals surface area contributed by atoms with Crippen LogP contribution in [0.4, 0.5) is 0 Å². The Morgan fingerprint density at radius 3 is 2.75 bits per heavy atom. The quantitative estimate of drug-likeness (QED) is 0.843. The van der Waals surface area contributed by atoms with Crippen molar-refractivity contribution < 1.29 is 4.42 Å². The van der Waals surface area contributed by atoms with Gasteiger partial charge in [-0.3, -0.25) is 0 Å². The molecular weight excluding hydrogens is 198 g/mol. The van der Waals surface area contributed by atoms with E-state index in [-0.39, 0.29) is 0 Å². The Kier molecular flexibility index (Phi) is 4.05. The lowest BCUT2D eigenvalue weighted by atomic mass is 9.87. The molecule has 0 aromatic carbocycles. The van der Waals surface area contributed by atoms with Crippen LogP contribution in [0.3, 0.4) is 0 Å². The van der Waals surface area contributed by atoms with Crippen LogP contribution in [0.5, 0.6) is 0 Å². The number of furan rings is 1. The number of nitrogens with one attached hydrogen (secondary N) is 1. The van der Waals surface area contributed by atoms with E-state index in [1.165, 1.54) is 25.7 Å². The summed E-state index contributed by atoms with van der Waals surface area (Å²) in [5, 5.41) is 3.72. The van der Waals surface area contributed by atoms with E-state index in [0.717, 1.165) is 24.1 Å². The fourth-order valence-electron chi connectivity index (χ4n) is 2.62. The molecule has 1 N–H and O–H groups in total. The molecular formula is C14H23NO. The van der Waals surface area contributed by atoms with Crippen molar-refractivity contribution in [3.8, 4) is 0 Å². The van der Waals surface area contributed by atoms with Crippen LogP contribution in [0.2, 0.25) is 0 Å². The normalized spacial score (nSPS) is 27.9. The molecule has 2 rings (SSSR count). The van der Waals surface area contributed by atoms with Crippen molar-refractivity contribution in [3.63, 3.8) is 0 Å². The highest BCUT2D eigenvalue weighted by atomic mass is 16.3. The second-order valence-corrected chi connectivity index (χ2v) is 5.31. The molecule has 0 saturated heterocycles. The van der Waals surface area contributed by atoms with Gasteiger partial charge in [0.1, 0.15) is 5.76 Å². The van der Waals surface area contributed by atoms with Gasteiger partial charge in [-0.25, -0.2) is 0 Å². The van der Waals surface area contributed by atoms with E-state index in [9.17, 15) is 0 Å². The van der Waals surface area contributed by atoms with Gasteiger partial charge >= 0.3 is 0 Å². The topological polar surface area (TPSA) is 25.2 Å². The highest BCUT2D eigenvalue weighted by Gasteiger charge is 2.19. The Morgan fingerprint density at radius 1 is 1.38 bits per heavy atom. The fraction of sp³-hybridized carbons (Fsp3) is 0.714. The van der Waals surface area contributed by atoms with E-state index in [4.69, 9.17) is 4.42 Å². The van der Waals surface area contributed by atoms with E-state index >= 15 is 0 Å². The Morgan fingerprint density at radius 2 is 2.12 bits per heavy atom. The smallest absolute Gasteiger partial charge is 0.105 e. The minimum absolute atomic E-state index is 0.518. The molecule has 0 amide bonds. The Balaban J connectivity index is 1.72. The van der Waals surface area contributed by atoms with Crippen LogP contribution < -0.4 is 5.32 Å². The molecule has 1 aromatic heterocycles. The molecule has 0 aliphatic heterocycles. The predicted octanol–water partition coefficient (Wildman–Crippen LogP) is 3.38. The highest BCUT2D eigenvalue weighted by Crippen LogP contribution is 2.23. The highest BCUT2D eigenvalue weighted by molar-refractivity contribution is 5.00. The molecule has 1 aliphatic rings. The van der Waals surface area contributed by atoms with Gasteiger partial charge in [0.15, 0.2) is 0 Å². The van der Waals surface area contributed by atoms with Crippen molar-refractivity contribution in [3.05, 3.63) is 24.2 Å². The average molecular weight is 221 g/mol. The lowest BCUT2D eigenvalue weighted by Gasteiger charge is -2.29. The minimum atomic E-state index is 0.518. The second kappa shape index (κ2) is 5.53. The molecule has 1 saturated carbocycles. The lowest BCUT2D eigenvalue weighted by molar-refractivity contribution is 0.286. The minimum Gasteiger partial charge on any atom is -0.469 e.